The average Bonchev–Trinajstić information content (AvgIpc) is 2.71. The van der Waals surface area contributed by atoms with Crippen molar-refractivity contribution in [2.24, 2.45) is 5.92 Å². The molecule has 0 saturated heterocycles. The van der Waals surface area contributed by atoms with E-state index in [0.29, 0.717) is 24.2 Å². The summed E-state index contributed by atoms with van der Waals surface area (Å²) in [6.45, 7) is 4.12. The number of rotatable bonds is 5. The number of anilines is 1. The van der Waals surface area contributed by atoms with Crippen LogP contribution in [0.15, 0.2) is 12.1 Å². The predicted molar refractivity (Wildman–Crippen MR) is 122 cm³/mol. The quantitative estimate of drug-likeness (QED) is 0.457. The highest BCUT2D eigenvalue weighted by atomic mass is 32.1. The summed E-state index contributed by atoms with van der Waals surface area (Å²) >= 11 is 5.68. The van der Waals surface area contributed by atoms with Crippen molar-refractivity contribution in [3.63, 3.8) is 0 Å². The van der Waals surface area contributed by atoms with Crippen LogP contribution < -0.4 is 5.32 Å². The Morgan fingerprint density at radius 1 is 1.00 bits per heavy atom. The molecule has 0 amide bonds. The summed E-state index contributed by atoms with van der Waals surface area (Å²) in [5, 5.41) is 4.23. The summed E-state index contributed by atoms with van der Waals surface area (Å²) in [7, 11) is 2.11. The largest absolute Gasteiger partial charge is 0.349 e. The zero-order valence-electron chi connectivity index (χ0n) is 17.9. The Morgan fingerprint density at radius 3 is 2.25 bits per heavy atom. The molecule has 2 aliphatic carbocycles. The van der Waals surface area contributed by atoms with Gasteiger partial charge < -0.3 is 10.2 Å². The summed E-state index contributed by atoms with van der Waals surface area (Å²) in [6, 6.07) is 4.71. The standard InChI is InChI=1S/C24H36N2OS/c1-17-15-22(25-24(28)26(3)20-12-8-5-9-13-20)18(2)14-21(17)23(27)16-19-10-6-4-7-11-19/h14-15,19-20H,4-13,16H2,1-3H3,(H,25,28). The van der Waals surface area contributed by atoms with E-state index in [-0.39, 0.29) is 0 Å². The van der Waals surface area contributed by atoms with Crippen molar-refractivity contribution in [1.29, 1.82) is 0 Å². The van der Waals surface area contributed by atoms with Crippen LogP contribution in [0, 0.1) is 19.8 Å². The minimum Gasteiger partial charge on any atom is -0.349 e. The Hall–Kier alpha value is -1.42. The average molecular weight is 401 g/mol. The number of nitrogens with one attached hydrogen (secondary N) is 1. The first kappa shape index (κ1) is 21.3. The lowest BCUT2D eigenvalue weighted by atomic mass is 9.84. The molecule has 2 fully saturated rings. The van der Waals surface area contributed by atoms with E-state index >= 15 is 0 Å². The number of hydrogen-bond acceptors (Lipinski definition) is 2. The van der Waals surface area contributed by atoms with Crippen LogP contribution in [0.4, 0.5) is 5.69 Å². The molecule has 0 atom stereocenters. The molecule has 0 bridgehead atoms. The fourth-order valence-corrected chi connectivity index (χ4v) is 5.11. The van der Waals surface area contributed by atoms with E-state index in [1.54, 1.807) is 0 Å². The van der Waals surface area contributed by atoms with Gasteiger partial charge in [0.2, 0.25) is 0 Å². The van der Waals surface area contributed by atoms with E-state index in [1.165, 1.54) is 64.2 Å². The SMILES string of the molecule is Cc1cc(C(=O)CC2CCCCC2)c(C)cc1NC(=S)N(C)C1CCCCC1. The summed E-state index contributed by atoms with van der Waals surface area (Å²) in [5.74, 6) is 0.886. The van der Waals surface area contributed by atoms with Crippen LogP contribution in [0.1, 0.15) is 92.1 Å². The second kappa shape index (κ2) is 9.87. The van der Waals surface area contributed by atoms with E-state index < -0.39 is 0 Å². The van der Waals surface area contributed by atoms with Gasteiger partial charge in [-0.05, 0) is 68.1 Å². The monoisotopic (exact) mass is 400 g/mol. The number of ketones is 1. The molecule has 1 N–H and O–H groups in total. The van der Waals surface area contributed by atoms with Gasteiger partial charge in [0.05, 0.1) is 0 Å². The maximum atomic E-state index is 12.9. The minimum absolute atomic E-state index is 0.306. The summed E-state index contributed by atoms with van der Waals surface area (Å²) < 4.78 is 0. The van der Waals surface area contributed by atoms with E-state index in [1.807, 2.05) is 6.92 Å². The van der Waals surface area contributed by atoms with Crippen LogP contribution in [-0.4, -0.2) is 28.9 Å². The molecule has 154 valence electrons. The van der Waals surface area contributed by atoms with Crippen LogP contribution >= 0.6 is 12.2 Å². The molecule has 0 heterocycles. The molecule has 2 saturated carbocycles. The normalized spacial score (nSPS) is 18.7. The molecule has 0 aliphatic heterocycles. The first-order chi connectivity index (χ1) is 13.5. The molecule has 1 aromatic carbocycles. The smallest absolute Gasteiger partial charge is 0.173 e. The van der Waals surface area contributed by atoms with Crippen molar-refractivity contribution in [1.82, 2.24) is 4.90 Å². The molecular formula is C24H36N2OS. The van der Waals surface area contributed by atoms with Crippen LogP contribution in [0.25, 0.3) is 0 Å². The maximum Gasteiger partial charge on any atom is 0.173 e. The first-order valence-electron chi connectivity index (χ1n) is 11.1. The van der Waals surface area contributed by atoms with E-state index in [9.17, 15) is 4.79 Å². The fourth-order valence-electron chi connectivity index (χ4n) is 4.85. The number of carbonyl (C=O) groups excluding carboxylic acids is 1. The molecule has 28 heavy (non-hydrogen) atoms. The number of benzene rings is 1. The maximum absolute atomic E-state index is 12.9. The number of hydrogen-bond donors (Lipinski definition) is 1. The van der Waals surface area contributed by atoms with Gasteiger partial charge in [-0.25, -0.2) is 0 Å². The van der Waals surface area contributed by atoms with Crippen molar-refractivity contribution >= 4 is 28.8 Å². The van der Waals surface area contributed by atoms with Gasteiger partial charge >= 0.3 is 0 Å². The van der Waals surface area contributed by atoms with Crippen LogP contribution in [0.2, 0.25) is 0 Å². The number of Topliss-reactive ketones (excluding diaryl/α,β-unsaturated/α-hetero) is 1. The third-order valence-corrected chi connectivity index (χ3v) is 7.14. The fraction of sp³-hybridized carbons (Fsp3) is 0.667. The first-order valence-corrected chi connectivity index (χ1v) is 11.5. The minimum atomic E-state index is 0.306. The highest BCUT2D eigenvalue weighted by Gasteiger charge is 2.22. The Morgan fingerprint density at radius 2 is 1.61 bits per heavy atom. The summed E-state index contributed by atoms with van der Waals surface area (Å²) in [4.78, 5) is 15.1. The Balaban J connectivity index is 1.65. The molecular weight excluding hydrogens is 364 g/mol. The van der Waals surface area contributed by atoms with Gasteiger partial charge in [-0.15, -0.1) is 0 Å². The molecule has 1 aromatic rings. The zero-order chi connectivity index (χ0) is 20.1. The van der Waals surface area contributed by atoms with Crippen LogP contribution in [0.3, 0.4) is 0 Å². The van der Waals surface area contributed by atoms with Gasteiger partial charge in [-0.2, -0.15) is 0 Å². The van der Waals surface area contributed by atoms with Crippen molar-refractivity contribution in [2.75, 3.05) is 12.4 Å². The number of nitrogens with zero attached hydrogens (tertiary/aromatic N) is 1. The Kier molecular flexibility index (Phi) is 7.50. The highest BCUT2D eigenvalue weighted by molar-refractivity contribution is 7.80. The van der Waals surface area contributed by atoms with Crippen molar-refractivity contribution in [3.05, 3.63) is 28.8 Å². The van der Waals surface area contributed by atoms with Gasteiger partial charge in [0, 0.05) is 30.8 Å². The lowest BCUT2D eigenvalue weighted by molar-refractivity contribution is 0.0949. The van der Waals surface area contributed by atoms with Gasteiger partial charge in [0.15, 0.2) is 10.9 Å². The summed E-state index contributed by atoms with van der Waals surface area (Å²) in [5.41, 5.74) is 4.06. The molecule has 0 aromatic heterocycles. The second-order valence-corrected chi connectivity index (χ2v) is 9.33. The molecule has 0 spiro atoms. The molecule has 0 unspecified atom stereocenters. The lowest BCUT2D eigenvalue weighted by Gasteiger charge is -2.33. The Bertz CT molecular complexity index is 703. The summed E-state index contributed by atoms with van der Waals surface area (Å²) in [6.07, 6.45) is 13.4. The van der Waals surface area contributed by atoms with Gasteiger partial charge in [-0.3, -0.25) is 4.79 Å². The van der Waals surface area contributed by atoms with Gasteiger partial charge in [0.1, 0.15) is 0 Å². The van der Waals surface area contributed by atoms with Crippen LogP contribution in [-0.2, 0) is 0 Å². The van der Waals surface area contributed by atoms with Crippen molar-refractivity contribution in [3.8, 4) is 0 Å². The number of thiocarbonyl (C=S) groups is 1. The van der Waals surface area contributed by atoms with E-state index in [0.717, 1.165) is 27.5 Å². The molecule has 3 rings (SSSR count). The van der Waals surface area contributed by atoms with E-state index in [2.05, 4.69) is 36.3 Å². The topological polar surface area (TPSA) is 32.3 Å². The zero-order valence-corrected chi connectivity index (χ0v) is 18.7. The van der Waals surface area contributed by atoms with Crippen molar-refractivity contribution in [2.45, 2.75) is 90.5 Å². The van der Waals surface area contributed by atoms with Gasteiger partial charge in [-0.1, -0.05) is 51.4 Å². The second-order valence-electron chi connectivity index (χ2n) is 8.95. The van der Waals surface area contributed by atoms with E-state index in [4.69, 9.17) is 12.2 Å². The molecule has 4 heteroatoms. The predicted octanol–water partition coefficient (Wildman–Crippen LogP) is 6.42. The number of carbonyl (C=O) groups is 1. The van der Waals surface area contributed by atoms with Crippen LogP contribution in [0.5, 0.6) is 0 Å². The molecule has 3 nitrogen and oxygen atoms in total. The molecule has 0 radical (unpaired) electrons. The third-order valence-electron chi connectivity index (χ3n) is 6.75. The number of aryl methyl sites for hydroxylation is 2. The highest BCUT2D eigenvalue weighted by Crippen LogP contribution is 2.30. The molecule has 2 aliphatic rings. The third kappa shape index (κ3) is 5.34. The Labute approximate surface area is 176 Å². The van der Waals surface area contributed by atoms with Gasteiger partial charge in [0.25, 0.3) is 0 Å². The van der Waals surface area contributed by atoms with Crippen molar-refractivity contribution < 1.29 is 4.79 Å². The lowest BCUT2D eigenvalue weighted by Crippen LogP contribution is -2.40.